The van der Waals surface area contributed by atoms with E-state index in [1.165, 1.54) is 10.9 Å². The molecule has 1 unspecified atom stereocenters. The number of hydrogen-bond acceptors (Lipinski definition) is 3. The molecule has 0 spiro atoms. The van der Waals surface area contributed by atoms with Crippen LogP contribution in [0.15, 0.2) is 35.3 Å². The lowest BCUT2D eigenvalue weighted by Gasteiger charge is -2.15. The van der Waals surface area contributed by atoms with Crippen LogP contribution in [0.1, 0.15) is 25.3 Å². The first kappa shape index (κ1) is 19.5. The predicted octanol–water partition coefficient (Wildman–Crippen LogP) is 4.74. The van der Waals surface area contributed by atoms with E-state index in [9.17, 15) is 4.79 Å². The molecule has 0 amide bonds. The van der Waals surface area contributed by atoms with Gasteiger partial charge in [-0.05, 0) is 52.6 Å². The third-order valence-corrected chi connectivity index (χ3v) is 5.11. The molecule has 0 saturated heterocycles. The van der Waals surface area contributed by atoms with Crippen LogP contribution in [0.2, 0.25) is 5.02 Å². The van der Waals surface area contributed by atoms with E-state index in [0.29, 0.717) is 24.8 Å². The van der Waals surface area contributed by atoms with Crippen LogP contribution in [0.3, 0.4) is 0 Å². The minimum Gasteiger partial charge on any atom is -0.485 e. The molecule has 0 N–H and O–H groups in total. The lowest BCUT2D eigenvalue weighted by Crippen LogP contribution is -2.27. The highest BCUT2D eigenvalue weighted by Crippen LogP contribution is 2.20. The summed E-state index contributed by atoms with van der Waals surface area (Å²) in [7, 11) is 0. The van der Waals surface area contributed by atoms with E-state index >= 15 is 0 Å². The Morgan fingerprint density at radius 2 is 2.04 bits per heavy atom. The van der Waals surface area contributed by atoms with Crippen LogP contribution in [0.25, 0.3) is 0 Å². The van der Waals surface area contributed by atoms with Gasteiger partial charge in [-0.3, -0.25) is 4.79 Å². The van der Waals surface area contributed by atoms with Gasteiger partial charge >= 0.3 is 0 Å². The Morgan fingerprint density at radius 3 is 2.67 bits per heavy atom. The van der Waals surface area contributed by atoms with Gasteiger partial charge in [-0.1, -0.05) is 37.1 Å². The number of rotatable bonds is 8. The van der Waals surface area contributed by atoms with Crippen LogP contribution in [0, 0.1) is 9.49 Å². The molecule has 0 aliphatic heterocycles. The first-order valence-corrected chi connectivity index (χ1v) is 9.73. The van der Waals surface area contributed by atoms with Gasteiger partial charge in [0, 0.05) is 16.0 Å². The summed E-state index contributed by atoms with van der Waals surface area (Å²) >= 11 is 14.4. The maximum Gasteiger partial charge on any atom is 0.289 e. The molecule has 130 valence electrons. The minimum absolute atomic E-state index is 0.0559. The Kier molecular flexibility index (Phi) is 7.84. The van der Waals surface area contributed by atoms with Gasteiger partial charge in [0.1, 0.15) is 6.61 Å². The van der Waals surface area contributed by atoms with Crippen molar-refractivity contribution in [1.82, 2.24) is 9.78 Å². The second-order valence-electron chi connectivity index (χ2n) is 5.53. The fourth-order valence-electron chi connectivity index (χ4n) is 2.29. The highest BCUT2D eigenvalue weighted by Gasteiger charge is 2.14. The van der Waals surface area contributed by atoms with E-state index in [1.54, 1.807) is 0 Å². The summed E-state index contributed by atoms with van der Waals surface area (Å²) in [6.07, 6.45) is 3.45. The number of halogens is 3. The topological polar surface area (TPSA) is 44.1 Å². The second kappa shape index (κ2) is 9.63. The molecule has 0 radical (unpaired) electrons. The van der Waals surface area contributed by atoms with E-state index in [4.69, 9.17) is 27.9 Å². The number of benzene rings is 1. The third-order valence-electron chi connectivity index (χ3n) is 3.61. The van der Waals surface area contributed by atoms with Crippen LogP contribution < -0.4 is 10.3 Å². The van der Waals surface area contributed by atoms with Gasteiger partial charge in [0.05, 0.1) is 6.20 Å². The Morgan fingerprint density at radius 1 is 1.33 bits per heavy atom. The maximum atomic E-state index is 12.3. The second-order valence-corrected chi connectivity index (χ2v) is 7.47. The lowest BCUT2D eigenvalue weighted by atomic mass is 10.1. The van der Waals surface area contributed by atoms with Crippen LogP contribution in [-0.4, -0.2) is 15.7 Å². The fourth-order valence-corrected chi connectivity index (χ4v) is 3.10. The van der Waals surface area contributed by atoms with Crippen molar-refractivity contribution in [3.05, 3.63) is 55.0 Å². The van der Waals surface area contributed by atoms with E-state index in [-0.39, 0.29) is 16.5 Å². The first-order chi connectivity index (χ1) is 11.5. The Hall–Kier alpha value is -0.790. The lowest BCUT2D eigenvalue weighted by molar-refractivity contribution is 0.300. The van der Waals surface area contributed by atoms with E-state index in [2.05, 4.69) is 34.6 Å². The molecule has 7 heteroatoms. The van der Waals surface area contributed by atoms with Gasteiger partial charge in [0.2, 0.25) is 0 Å². The number of hydrogen-bond donors (Lipinski definition) is 0. The standard InChI is InChI=1S/C17H19Cl2IN2O2/c1-2-3-13(8-18)10-22-17(23)16(19)15(9-21-22)24-11-12-4-6-14(20)7-5-12/h4-7,9,13H,2-3,8,10-11H2,1H3. The van der Waals surface area contributed by atoms with Gasteiger partial charge in [0.25, 0.3) is 5.56 Å². The van der Waals surface area contributed by atoms with Crippen molar-refractivity contribution >= 4 is 45.8 Å². The zero-order valence-electron chi connectivity index (χ0n) is 13.3. The van der Waals surface area contributed by atoms with E-state index in [0.717, 1.165) is 22.0 Å². The molecule has 0 fully saturated rings. The molecule has 1 aromatic heterocycles. The Balaban J connectivity index is 2.08. The van der Waals surface area contributed by atoms with Gasteiger partial charge in [-0.25, -0.2) is 4.68 Å². The van der Waals surface area contributed by atoms with Crippen LogP contribution in [-0.2, 0) is 13.2 Å². The van der Waals surface area contributed by atoms with Gasteiger partial charge in [0.15, 0.2) is 10.8 Å². The highest BCUT2D eigenvalue weighted by molar-refractivity contribution is 14.1. The summed E-state index contributed by atoms with van der Waals surface area (Å²) in [6, 6.07) is 7.94. The fraction of sp³-hybridized carbons (Fsp3) is 0.412. The molecule has 24 heavy (non-hydrogen) atoms. The third kappa shape index (κ3) is 5.36. The predicted molar refractivity (Wildman–Crippen MR) is 106 cm³/mol. The highest BCUT2D eigenvalue weighted by atomic mass is 127. The molecular formula is C17H19Cl2IN2O2. The van der Waals surface area contributed by atoms with E-state index in [1.807, 2.05) is 24.3 Å². The summed E-state index contributed by atoms with van der Waals surface area (Å²) in [4.78, 5) is 12.3. The molecule has 4 nitrogen and oxygen atoms in total. The number of aromatic nitrogens is 2. The van der Waals surface area contributed by atoms with Crippen molar-refractivity contribution in [2.45, 2.75) is 32.9 Å². The average molecular weight is 481 g/mol. The number of alkyl halides is 1. The van der Waals surface area contributed by atoms with Gasteiger partial charge in [-0.15, -0.1) is 11.6 Å². The van der Waals surface area contributed by atoms with Crippen molar-refractivity contribution < 1.29 is 4.74 Å². The first-order valence-electron chi connectivity index (χ1n) is 7.74. The molecule has 1 atom stereocenters. The molecule has 1 aromatic carbocycles. The van der Waals surface area contributed by atoms with Crippen LogP contribution >= 0.6 is 45.8 Å². The van der Waals surface area contributed by atoms with Crippen molar-refractivity contribution in [3.8, 4) is 5.75 Å². The number of nitrogens with zero attached hydrogens (tertiary/aromatic N) is 2. The maximum absolute atomic E-state index is 12.3. The zero-order valence-corrected chi connectivity index (χ0v) is 17.0. The van der Waals surface area contributed by atoms with Crippen molar-refractivity contribution in [3.63, 3.8) is 0 Å². The molecule has 0 bridgehead atoms. The molecule has 0 aliphatic carbocycles. The largest absolute Gasteiger partial charge is 0.485 e. The zero-order chi connectivity index (χ0) is 17.5. The van der Waals surface area contributed by atoms with Crippen LogP contribution in [0.4, 0.5) is 0 Å². The summed E-state index contributed by atoms with van der Waals surface area (Å²) < 4.78 is 8.16. The molecule has 0 aliphatic rings. The normalized spacial score (nSPS) is 12.2. The Bertz CT molecular complexity index is 720. The summed E-state index contributed by atoms with van der Waals surface area (Å²) in [5.41, 5.74) is 0.656. The summed E-state index contributed by atoms with van der Waals surface area (Å²) in [5, 5.41) is 4.23. The molecule has 0 saturated carbocycles. The van der Waals surface area contributed by atoms with Crippen molar-refractivity contribution in [2.24, 2.45) is 5.92 Å². The van der Waals surface area contributed by atoms with Gasteiger partial charge in [-0.2, -0.15) is 5.10 Å². The summed E-state index contributed by atoms with van der Waals surface area (Å²) in [6.45, 7) is 2.89. The van der Waals surface area contributed by atoms with Crippen molar-refractivity contribution in [1.29, 1.82) is 0 Å². The minimum atomic E-state index is -0.344. The van der Waals surface area contributed by atoms with Crippen molar-refractivity contribution in [2.75, 3.05) is 5.88 Å². The average Bonchev–Trinajstić information content (AvgIpc) is 2.59. The SMILES string of the molecule is CCCC(CCl)Cn1ncc(OCc2ccc(I)cc2)c(Cl)c1=O. The smallest absolute Gasteiger partial charge is 0.289 e. The molecule has 2 rings (SSSR count). The van der Waals surface area contributed by atoms with Gasteiger partial charge < -0.3 is 4.74 Å². The summed E-state index contributed by atoms with van der Waals surface area (Å²) in [5.74, 6) is 0.996. The molecule has 2 aromatic rings. The Labute approximate surface area is 165 Å². The quantitative estimate of drug-likeness (QED) is 0.405. The molecule has 1 heterocycles. The van der Waals surface area contributed by atoms with E-state index < -0.39 is 0 Å². The molecular weight excluding hydrogens is 462 g/mol. The number of ether oxygens (including phenoxy) is 1. The van der Waals surface area contributed by atoms with Crippen LogP contribution in [0.5, 0.6) is 5.75 Å². The monoisotopic (exact) mass is 480 g/mol.